The van der Waals surface area contributed by atoms with Gasteiger partial charge in [0.1, 0.15) is 0 Å². The Morgan fingerprint density at radius 2 is 2.25 bits per heavy atom. The van der Waals surface area contributed by atoms with Crippen LogP contribution in [0.3, 0.4) is 0 Å². The highest BCUT2D eigenvalue weighted by Gasteiger charge is 2.19. The van der Waals surface area contributed by atoms with E-state index in [1.807, 2.05) is 0 Å². The molecule has 1 fully saturated rings. The summed E-state index contributed by atoms with van der Waals surface area (Å²) < 4.78 is 0. The molecule has 0 aromatic rings. The predicted octanol–water partition coefficient (Wildman–Crippen LogP) is 1.35. The summed E-state index contributed by atoms with van der Waals surface area (Å²) in [7, 11) is 0. The zero-order valence-corrected chi connectivity index (χ0v) is 5.70. The molecule has 0 saturated carbocycles. The van der Waals surface area contributed by atoms with Gasteiger partial charge in [0.15, 0.2) is 0 Å². The summed E-state index contributed by atoms with van der Waals surface area (Å²) in [5.74, 6) is 0. The quantitative estimate of drug-likeness (QED) is 0.499. The fourth-order valence-electron chi connectivity index (χ4n) is 1.05. The molecule has 0 aromatic carbocycles. The first-order valence-corrected chi connectivity index (χ1v) is 3.27. The van der Waals surface area contributed by atoms with E-state index in [0.717, 1.165) is 6.54 Å². The monoisotopic (exact) mass is 112 g/mol. The molecule has 1 aliphatic rings. The van der Waals surface area contributed by atoms with Gasteiger partial charge in [-0.3, -0.25) is 0 Å². The van der Waals surface area contributed by atoms with Crippen molar-refractivity contribution >= 4 is 0 Å². The molecule has 8 heavy (non-hydrogen) atoms. The molecule has 1 N–H and O–H groups in total. The first kappa shape index (κ1) is 6.09. The first-order chi connectivity index (χ1) is 3.71. The van der Waals surface area contributed by atoms with Crippen molar-refractivity contribution in [3.05, 3.63) is 6.42 Å². The molecule has 0 aliphatic carbocycles. The third-order valence-corrected chi connectivity index (χ3v) is 1.61. The highest BCUT2D eigenvalue weighted by Crippen LogP contribution is 2.15. The second-order valence-electron chi connectivity index (χ2n) is 3.09. The van der Waals surface area contributed by atoms with Crippen LogP contribution in [0.4, 0.5) is 0 Å². The molecular formula is C7H14N. The minimum atomic E-state index is 0.373. The van der Waals surface area contributed by atoms with Gasteiger partial charge < -0.3 is 5.32 Å². The summed E-state index contributed by atoms with van der Waals surface area (Å²) in [6.45, 7) is 5.64. The molecule has 0 spiro atoms. The molecule has 1 rings (SSSR count). The van der Waals surface area contributed by atoms with E-state index in [0.29, 0.717) is 5.54 Å². The van der Waals surface area contributed by atoms with Crippen LogP contribution in [0.5, 0.6) is 0 Å². The summed E-state index contributed by atoms with van der Waals surface area (Å²) in [5.41, 5.74) is 0.373. The minimum absolute atomic E-state index is 0.373. The van der Waals surface area contributed by atoms with Gasteiger partial charge in [0.05, 0.1) is 0 Å². The lowest BCUT2D eigenvalue weighted by atomic mass is 9.93. The highest BCUT2D eigenvalue weighted by molar-refractivity contribution is 4.89. The van der Waals surface area contributed by atoms with E-state index in [-0.39, 0.29) is 0 Å². The summed E-state index contributed by atoms with van der Waals surface area (Å²) in [5, 5.41) is 3.43. The summed E-state index contributed by atoms with van der Waals surface area (Å²) in [6.07, 6.45) is 4.81. The molecule has 1 radical (unpaired) electrons. The number of hydrogen-bond donors (Lipinski definition) is 1. The van der Waals surface area contributed by atoms with Gasteiger partial charge in [0, 0.05) is 5.54 Å². The van der Waals surface area contributed by atoms with E-state index in [2.05, 4.69) is 25.6 Å². The molecule has 0 bridgehead atoms. The van der Waals surface area contributed by atoms with Crippen molar-refractivity contribution in [3.63, 3.8) is 0 Å². The third kappa shape index (κ3) is 1.48. The van der Waals surface area contributed by atoms with Crippen molar-refractivity contribution in [1.82, 2.24) is 5.32 Å². The second-order valence-corrected chi connectivity index (χ2v) is 3.09. The van der Waals surface area contributed by atoms with Crippen LogP contribution < -0.4 is 5.32 Å². The summed E-state index contributed by atoms with van der Waals surface area (Å²) in [4.78, 5) is 0. The van der Waals surface area contributed by atoms with Crippen molar-refractivity contribution in [2.75, 3.05) is 6.54 Å². The van der Waals surface area contributed by atoms with E-state index >= 15 is 0 Å². The van der Waals surface area contributed by atoms with Crippen LogP contribution in [0.1, 0.15) is 26.7 Å². The number of nitrogens with one attached hydrogen (secondary N) is 1. The Morgan fingerprint density at radius 1 is 1.50 bits per heavy atom. The Hall–Kier alpha value is -0.0400. The molecule has 1 heteroatoms. The van der Waals surface area contributed by atoms with E-state index in [1.54, 1.807) is 0 Å². The van der Waals surface area contributed by atoms with Crippen molar-refractivity contribution in [3.8, 4) is 0 Å². The van der Waals surface area contributed by atoms with E-state index in [9.17, 15) is 0 Å². The molecule has 0 amide bonds. The summed E-state index contributed by atoms with van der Waals surface area (Å²) >= 11 is 0. The van der Waals surface area contributed by atoms with Crippen LogP contribution in [0.15, 0.2) is 0 Å². The van der Waals surface area contributed by atoms with E-state index in [4.69, 9.17) is 0 Å². The van der Waals surface area contributed by atoms with Gasteiger partial charge in [-0.05, 0) is 39.7 Å². The Balaban J connectivity index is 2.33. The molecule has 1 heterocycles. The van der Waals surface area contributed by atoms with Crippen molar-refractivity contribution in [2.45, 2.75) is 32.2 Å². The number of hydrogen-bond acceptors (Lipinski definition) is 1. The van der Waals surface area contributed by atoms with Gasteiger partial charge in [-0.1, -0.05) is 0 Å². The normalized spacial score (nSPS) is 27.8. The van der Waals surface area contributed by atoms with Crippen molar-refractivity contribution in [1.29, 1.82) is 0 Å². The average molecular weight is 112 g/mol. The maximum absolute atomic E-state index is 3.43. The average Bonchev–Trinajstić information content (AvgIpc) is 1.65. The van der Waals surface area contributed by atoms with Crippen LogP contribution >= 0.6 is 0 Å². The van der Waals surface area contributed by atoms with Gasteiger partial charge in [-0.25, -0.2) is 0 Å². The Kier molecular flexibility index (Phi) is 1.57. The van der Waals surface area contributed by atoms with Crippen molar-refractivity contribution < 1.29 is 0 Å². The van der Waals surface area contributed by atoms with Crippen LogP contribution in [-0.4, -0.2) is 12.1 Å². The molecule has 0 aromatic heterocycles. The molecule has 1 nitrogen and oxygen atoms in total. The van der Waals surface area contributed by atoms with E-state index < -0.39 is 0 Å². The Bertz CT molecular complexity index is 68.5. The van der Waals surface area contributed by atoms with Gasteiger partial charge in [-0.15, -0.1) is 0 Å². The lowest BCUT2D eigenvalue weighted by molar-refractivity contribution is 0.348. The predicted molar refractivity (Wildman–Crippen MR) is 35.6 cm³/mol. The highest BCUT2D eigenvalue weighted by atomic mass is 15.0. The molecule has 0 atom stereocenters. The van der Waals surface area contributed by atoms with Gasteiger partial charge in [0.25, 0.3) is 0 Å². The van der Waals surface area contributed by atoms with Crippen LogP contribution in [0, 0.1) is 6.42 Å². The summed E-state index contributed by atoms with van der Waals surface area (Å²) in [6, 6.07) is 0. The third-order valence-electron chi connectivity index (χ3n) is 1.61. The molecule has 0 unspecified atom stereocenters. The second kappa shape index (κ2) is 2.06. The zero-order chi connectivity index (χ0) is 6.04. The number of rotatable bonds is 0. The van der Waals surface area contributed by atoms with Gasteiger partial charge >= 0.3 is 0 Å². The fourth-order valence-corrected chi connectivity index (χ4v) is 1.05. The smallest absolute Gasteiger partial charge is 0.0127 e. The lowest BCUT2D eigenvalue weighted by Crippen LogP contribution is -2.43. The van der Waals surface area contributed by atoms with Gasteiger partial charge in [-0.2, -0.15) is 0 Å². The Morgan fingerprint density at radius 3 is 2.50 bits per heavy atom. The van der Waals surface area contributed by atoms with Crippen molar-refractivity contribution in [2.24, 2.45) is 0 Å². The molecule has 1 aliphatic heterocycles. The van der Waals surface area contributed by atoms with E-state index in [1.165, 1.54) is 12.8 Å². The SMILES string of the molecule is CC1(C)C[CH]CCN1. The standard InChI is InChI=1S/C7H14N/c1-7(2)5-3-4-6-8-7/h3,8H,4-6H2,1-2H3. The molecule has 47 valence electrons. The molecular weight excluding hydrogens is 98.1 g/mol. The maximum Gasteiger partial charge on any atom is 0.0127 e. The van der Waals surface area contributed by atoms with Crippen LogP contribution in [0.25, 0.3) is 0 Å². The lowest BCUT2D eigenvalue weighted by Gasteiger charge is -2.30. The van der Waals surface area contributed by atoms with Crippen LogP contribution in [0.2, 0.25) is 0 Å². The first-order valence-electron chi connectivity index (χ1n) is 3.27. The fraction of sp³-hybridized carbons (Fsp3) is 0.857. The van der Waals surface area contributed by atoms with Crippen LogP contribution in [-0.2, 0) is 0 Å². The zero-order valence-electron chi connectivity index (χ0n) is 5.70. The largest absolute Gasteiger partial charge is 0.312 e. The topological polar surface area (TPSA) is 12.0 Å². The Labute approximate surface area is 51.5 Å². The maximum atomic E-state index is 3.43. The number of piperidine rings is 1. The minimum Gasteiger partial charge on any atom is -0.312 e. The van der Waals surface area contributed by atoms with Gasteiger partial charge in [0.2, 0.25) is 0 Å². The molecule has 1 saturated heterocycles.